The summed E-state index contributed by atoms with van der Waals surface area (Å²) in [5.41, 5.74) is 0. The molecule has 13 heavy (non-hydrogen) atoms. The van der Waals surface area contributed by atoms with Crippen LogP contribution < -0.4 is 10.5 Å². The van der Waals surface area contributed by atoms with Crippen molar-refractivity contribution in [1.29, 1.82) is 0 Å². The van der Waals surface area contributed by atoms with Crippen LogP contribution in [-0.2, 0) is 0 Å². The number of anilines is 2. The van der Waals surface area contributed by atoms with Gasteiger partial charge in [0.25, 0.3) is 0 Å². The molecule has 0 spiro atoms. The lowest BCUT2D eigenvalue weighted by Gasteiger charge is -2.03. The zero-order valence-corrected chi connectivity index (χ0v) is 7.50. The molecule has 1 rings (SSSR count). The molecule has 0 aromatic carbocycles. The lowest BCUT2D eigenvalue weighted by Crippen LogP contribution is -2.11. The summed E-state index contributed by atoms with van der Waals surface area (Å²) < 4.78 is 12.7. The minimum absolute atomic E-state index is 0.207. The molecule has 1 aromatic heterocycles. The number of nitrogens with zero attached hydrogens (tertiary/aromatic N) is 3. The number of rotatable bonds is 4. The highest BCUT2D eigenvalue weighted by molar-refractivity contribution is 6.39. The first kappa shape index (κ1) is 9.69. The van der Waals surface area contributed by atoms with Crippen LogP contribution in [0.15, 0.2) is 0 Å². The molecule has 0 fully saturated rings. The van der Waals surface area contributed by atoms with Gasteiger partial charge in [0.15, 0.2) is 0 Å². The third-order valence-electron chi connectivity index (χ3n) is 1.27. The molecule has 1 heterocycles. The lowest BCUT2D eigenvalue weighted by atomic mass is 9.91. The first-order valence-electron chi connectivity index (χ1n) is 3.93. The number of nitrogens with one attached hydrogen (secondary N) is 2. The molecule has 7 heteroatoms. The van der Waals surface area contributed by atoms with E-state index < -0.39 is 6.08 Å². The van der Waals surface area contributed by atoms with Gasteiger partial charge in [0, 0.05) is 7.05 Å². The van der Waals surface area contributed by atoms with E-state index in [-0.39, 0.29) is 11.9 Å². The van der Waals surface area contributed by atoms with E-state index in [0.717, 1.165) is 6.32 Å². The van der Waals surface area contributed by atoms with E-state index in [1.807, 2.05) is 6.92 Å². The summed E-state index contributed by atoms with van der Waals surface area (Å²) in [6.45, 7) is 1.95. The van der Waals surface area contributed by atoms with Crippen molar-refractivity contribution in [2.24, 2.45) is 0 Å². The predicted molar refractivity (Wildman–Crippen MR) is 49.2 cm³/mol. The quantitative estimate of drug-likeness (QED) is 0.664. The van der Waals surface area contributed by atoms with Crippen molar-refractivity contribution >= 4 is 19.3 Å². The van der Waals surface area contributed by atoms with Gasteiger partial charge in [-0.15, -0.1) is 0 Å². The van der Waals surface area contributed by atoms with E-state index in [4.69, 9.17) is 0 Å². The minimum Gasteiger partial charge on any atom is -0.401 e. The van der Waals surface area contributed by atoms with E-state index in [0.29, 0.717) is 0 Å². The van der Waals surface area contributed by atoms with Gasteiger partial charge in [-0.3, -0.25) is 0 Å². The molecule has 1 radical (unpaired) electrons. The van der Waals surface area contributed by atoms with Gasteiger partial charge in [-0.25, -0.2) is 0 Å². The number of aromatic nitrogens is 3. The van der Waals surface area contributed by atoms with E-state index >= 15 is 0 Å². The molecule has 0 saturated carbocycles. The Morgan fingerprint density at radius 2 is 2.00 bits per heavy atom. The second-order valence-corrected chi connectivity index (χ2v) is 2.26. The van der Waals surface area contributed by atoms with Gasteiger partial charge in [0.2, 0.25) is 19.3 Å². The average molecular weight is 182 g/mol. The monoisotopic (exact) mass is 182 g/mol. The van der Waals surface area contributed by atoms with Gasteiger partial charge in [0.05, 0.1) is 0 Å². The number of halogens is 1. The highest BCUT2D eigenvalue weighted by Gasteiger charge is 2.03. The summed E-state index contributed by atoms with van der Waals surface area (Å²) in [5.74, 6) is 0.415. The van der Waals surface area contributed by atoms with E-state index in [1.165, 1.54) is 0 Å². The molecule has 0 aliphatic rings. The molecule has 0 aliphatic heterocycles. The van der Waals surface area contributed by atoms with Crippen LogP contribution >= 0.6 is 0 Å². The minimum atomic E-state index is -0.800. The van der Waals surface area contributed by atoms with Gasteiger partial charge in [-0.1, -0.05) is 13.2 Å². The largest absolute Gasteiger partial charge is 0.401 e. The molecule has 1 aromatic rings. The summed E-state index contributed by atoms with van der Waals surface area (Å²) >= 11 is 0. The Bertz CT molecular complexity index is 282. The second-order valence-electron chi connectivity index (χ2n) is 2.26. The summed E-state index contributed by atoms with van der Waals surface area (Å²) in [4.78, 5) is 10.7. The maximum atomic E-state index is 12.7. The Kier molecular flexibility index (Phi) is 3.42. The molecule has 0 atom stereocenters. The van der Waals surface area contributed by atoms with Crippen LogP contribution in [0.4, 0.5) is 16.3 Å². The number of hydrogen-bond donors (Lipinski definition) is 2. The zero-order valence-electron chi connectivity index (χ0n) is 7.50. The van der Waals surface area contributed by atoms with Crippen molar-refractivity contribution in [3.8, 4) is 0 Å². The molecule has 0 amide bonds. The SMILES string of the molecule is CC[B]Nc1nc(F)nc(NC)n1. The highest BCUT2D eigenvalue weighted by Crippen LogP contribution is 2.02. The molecular formula is C6H10BFN5. The van der Waals surface area contributed by atoms with Crippen LogP contribution in [-0.4, -0.2) is 29.4 Å². The third-order valence-corrected chi connectivity index (χ3v) is 1.27. The van der Waals surface area contributed by atoms with Gasteiger partial charge in [0.1, 0.15) is 0 Å². The van der Waals surface area contributed by atoms with Crippen LogP contribution in [0, 0.1) is 6.08 Å². The van der Waals surface area contributed by atoms with Gasteiger partial charge >= 0.3 is 6.08 Å². The fourth-order valence-electron chi connectivity index (χ4n) is 0.720. The molecule has 0 saturated heterocycles. The van der Waals surface area contributed by atoms with Crippen molar-refractivity contribution in [3.05, 3.63) is 6.08 Å². The summed E-state index contributed by atoms with van der Waals surface area (Å²) in [6, 6.07) is 0. The molecule has 0 unspecified atom stereocenters. The Labute approximate surface area is 76.5 Å². The van der Waals surface area contributed by atoms with Gasteiger partial charge < -0.3 is 10.5 Å². The Morgan fingerprint density at radius 1 is 1.31 bits per heavy atom. The van der Waals surface area contributed by atoms with Crippen LogP contribution in [0.1, 0.15) is 6.92 Å². The molecular weight excluding hydrogens is 172 g/mol. The second kappa shape index (κ2) is 4.59. The smallest absolute Gasteiger partial charge is 0.315 e. The average Bonchev–Trinajstić information content (AvgIpc) is 2.14. The first-order valence-corrected chi connectivity index (χ1v) is 3.93. The maximum absolute atomic E-state index is 12.7. The topological polar surface area (TPSA) is 62.7 Å². The molecule has 2 N–H and O–H groups in total. The predicted octanol–water partition coefficient (Wildman–Crippen LogP) is 0.522. The van der Waals surface area contributed by atoms with Crippen molar-refractivity contribution in [1.82, 2.24) is 15.0 Å². The van der Waals surface area contributed by atoms with Crippen LogP contribution in [0.5, 0.6) is 0 Å². The summed E-state index contributed by atoms with van der Waals surface area (Å²) in [6.07, 6.45) is 0.00805. The maximum Gasteiger partial charge on any atom is 0.315 e. The first-order chi connectivity index (χ1) is 6.26. The normalized spacial score (nSPS) is 9.46. The van der Waals surface area contributed by atoms with Gasteiger partial charge in [-0.05, 0) is 0 Å². The van der Waals surface area contributed by atoms with Gasteiger partial charge in [-0.2, -0.15) is 19.3 Å². The standard InChI is InChI=1S/C6H10BFN5/c1-3-7-13-6-11-4(8)10-5(9-2)12-6/h3H2,1-2H3,(H2,9,10,11,12,13). The fourth-order valence-corrected chi connectivity index (χ4v) is 0.720. The Morgan fingerprint density at radius 3 is 2.62 bits per heavy atom. The molecule has 69 valence electrons. The molecule has 0 bridgehead atoms. The number of hydrogen-bond acceptors (Lipinski definition) is 5. The van der Waals surface area contributed by atoms with E-state index in [9.17, 15) is 4.39 Å². The zero-order chi connectivity index (χ0) is 9.68. The van der Waals surface area contributed by atoms with E-state index in [2.05, 4.69) is 25.5 Å². The van der Waals surface area contributed by atoms with Crippen molar-refractivity contribution in [2.45, 2.75) is 13.2 Å². The van der Waals surface area contributed by atoms with E-state index in [1.54, 1.807) is 14.5 Å². The fraction of sp³-hybridized carbons (Fsp3) is 0.500. The highest BCUT2D eigenvalue weighted by atomic mass is 19.1. The van der Waals surface area contributed by atoms with Crippen molar-refractivity contribution in [3.63, 3.8) is 0 Å². The van der Waals surface area contributed by atoms with Crippen LogP contribution in [0.2, 0.25) is 6.32 Å². The Hall–Kier alpha value is -1.40. The van der Waals surface area contributed by atoms with Crippen LogP contribution in [0.25, 0.3) is 0 Å². The Balaban J connectivity index is 2.76. The molecule has 0 aliphatic carbocycles. The third kappa shape index (κ3) is 2.85. The van der Waals surface area contributed by atoms with Crippen molar-refractivity contribution < 1.29 is 4.39 Å². The van der Waals surface area contributed by atoms with Crippen LogP contribution in [0.3, 0.4) is 0 Å². The summed E-state index contributed by atoms with van der Waals surface area (Å²) in [7, 11) is 3.34. The molecule has 5 nitrogen and oxygen atoms in total. The summed E-state index contributed by atoms with van der Waals surface area (Å²) in [5, 5.41) is 5.37. The van der Waals surface area contributed by atoms with Crippen molar-refractivity contribution in [2.75, 3.05) is 17.6 Å². The lowest BCUT2D eigenvalue weighted by molar-refractivity contribution is 0.537.